The van der Waals surface area contributed by atoms with Gasteiger partial charge >= 0.3 is 0 Å². The number of benzene rings is 1. The van der Waals surface area contributed by atoms with Crippen molar-refractivity contribution in [2.24, 2.45) is 0 Å². The Labute approximate surface area is 112 Å². The monoisotopic (exact) mass is 271 g/mol. The van der Waals surface area contributed by atoms with Gasteiger partial charge in [-0.1, -0.05) is 17.7 Å². The number of ether oxygens (including phenoxy) is 1. The van der Waals surface area contributed by atoms with E-state index in [0.717, 1.165) is 37.9 Å². The molecule has 0 spiro atoms. The first-order valence-corrected chi connectivity index (χ1v) is 6.79. The maximum Gasteiger partial charge on any atom is 0.124 e. The fraction of sp³-hybridized carbons (Fsp3) is 0.571. The molecule has 100 valence electrons. The lowest BCUT2D eigenvalue weighted by Gasteiger charge is -2.20. The quantitative estimate of drug-likeness (QED) is 0.888. The van der Waals surface area contributed by atoms with Gasteiger partial charge in [0.05, 0.1) is 6.10 Å². The van der Waals surface area contributed by atoms with Crippen molar-refractivity contribution in [1.82, 2.24) is 5.32 Å². The Morgan fingerprint density at radius 3 is 3.00 bits per heavy atom. The van der Waals surface area contributed by atoms with E-state index >= 15 is 0 Å². The third-order valence-electron chi connectivity index (χ3n) is 3.46. The lowest BCUT2D eigenvalue weighted by atomic mass is 9.99. The van der Waals surface area contributed by atoms with Gasteiger partial charge in [0.25, 0.3) is 0 Å². The molecule has 0 aliphatic carbocycles. The average molecular weight is 272 g/mol. The van der Waals surface area contributed by atoms with Crippen LogP contribution < -0.4 is 5.32 Å². The van der Waals surface area contributed by atoms with Gasteiger partial charge in [-0.15, -0.1) is 0 Å². The minimum Gasteiger partial charge on any atom is -0.378 e. The average Bonchev–Trinajstić information content (AvgIpc) is 2.84. The largest absolute Gasteiger partial charge is 0.378 e. The maximum absolute atomic E-state index is 13.0. The Kier molecular flexibility index (Phi) is 4.98. The molecule has 1 N–H and O–H groups in total. The minimum atomic E-state index is -0.288. The van der Waals surface area contributed by atoms with Crippen LogP contribution >= 0.6 is 11.6 Å². The van der Waals surface area contributed by atoms with E-state index in [9.17, 15) is 4.39 Å². The molecular formula is C14H19ClFNO. The van der Waals surface area contributed by atoms with Crippen molar-refractivity contribution in [2.75, 3.05) is 13.7 Å². The van der Waals surface area contributed by atoms with Gasteiger partial charge in [-0.2, -0.15) is 0 Å². The van der Waals surface area contributed by atoms with Gasteiger partial charge in [0.15, 0.2) is 0 Å². The third kappa shape index (κ3) is 3.67. The molecule has 1 saturated heterocycles. The highest BCUT2D eigenvalue weighted by Gasteiger charge is 2.20. The first-order valence-electron chi connectivity index (χ1n) is 6.42. The summed E-state index contributed by atoms with van der Waals surface area (Å²) >= 11 is 6.05. The van der Waals surface area contributed by atoms with Gasteiger partial charge in [0.1, 0.15) is 5.82 Å². The molecule has 1 heterocycles. The first kappa shape index (κ1) is 13.8. The van der Waals surface area contributed by atoms with Crippen molar-refractivity contribution in [3.05, 3.63) is 34.6 Å². The second kappa shape index (κ2) is 6.50. The molecular weight excluding hydrogens is 253 g/mol. The van der Waals surface area contributed by atoms with Crippen LogP contribution in [-0.2, 0) is 11.2 Å². The maximum atomic E-state index is 13.0. The van der Waals surface area contributed by atoms with Crippen LogP contribution in [0.3, 0.4) is 0 Å². The van der Waals surface area contributed by atoms with E-state index in [1.54, 1.807) is 6.07 Å². The van der Waals surface area contributed by atoms with Crippen molar-refractivity contribution in [3.8, 4) is 0 Å². The first-order chi connectivity index (χ1) is 8.69. The molecule has 0 amide bonds. The number of likely N-dealkylation sites (N-methyl/N-ethyl adjacent to an activating group) is 1. The Morgan fingerprint density at radius 2 is 2.39 bits per heavy atom. The van der Waals surface area contributed by atoms with Gasteiger partial charge in [-0.3, -0.25) is 0 Å². The molecule has 18 heavy (non-hydrogen) atoms. The number of nitrogens with one attached hydrogen (secondary N) is 1. The summed E-state index contributed by atoms with van der Waals surface area (Å²) in [5, 5.41) is 3.79. The van der Waals surface area contributed by atoms with Gasteiger partial charge in [-0.05, 0) is 50.4 Å². The molecule has 1 aliphatic heterocycles. The zero-order valence-corrected chi connectivity index (χ0v) is 11.3. The van der Waals surface area contributed by atoms with Crippen LogP contribution in [0.15, 0.2) is 18.2 Å². The topological polar surface area (TPSA) is 21.3 Å². The van der Waals surface area contributed by atoms with Crippen molar-refractivity contribution in [1.29, 1.82) is 0 Å². The fourth-order valence-electron chi connectivity index (χ4n) is 2.40. The highest BCUT2D eigenvalue weighted by atomic mass is 35.5. The molecule has 0 saturated carbocycles. The smallest absolute Gasteiger partial charge is 0.124 e. The van der Waals surface area contributed by atoms with Gasteiger partial charge < -0.3 is 10.1 Å². The van der Waals surface area contributed by atoms with E-state index in [-0.39, 0.29) is 5.82 Å². The van der Waals surface area contributed by atoms with E-state index < -0.39 is 0 Å². The van der Waals surface area contributed by atoms with Crippen LogP contribution in [0, 0.1) is 5.82 Å². The van der Waals surface area contributed by atoms with Crippen LogP contribution in [-0.4, -0.2) is 25.8 Å². The summed E-state index contributed by atoms with van der Waals surface area (Å²) < 4.78 is 18.6. The summed E-state index contributed by atoms with van der Waals surface area (Å²) in [7, 11) is 1.94. The predicted molar refractivity (Wildman–Crippen MR) is 71.6 cm³/mol. The molecule has 0 aromatic heterocycles. The van der Waals surface area contributed by atoms with Gasteiger partial charge in [0, 0.05) is 17.7 Å². The Morgan fingerprint density at radius 1 is 1.56 bits per heavy atom. The molecule has 2 rings (SSSR count). The van der Waals surface area contributed by atoms with Crippen molar-refractivity contribution in [3.63, 3.8) is 0 Å². The second-order valence-electron chi connectivity index (χ2n) is 4.80. The zero-order valence-electron chi connectivity index (χ0n) is 10.6. The van der Waals surface area contributed by atoms with Crippen molar-refractivity contribution in [2.45, 2.75) is 37.8 Å². The van der Waals surface area contributed by atoms with E-state index in [4.69, 9.17) is 16.3 Å². The normalized spacial score (nSPS) is 21.2. The van der Waals surface area contributed by atoms with Gasteiger partial charge in [0.2, 0.25) is 0 Å². The summed E-state index contributed by atoms with van der Waals surface area (Å²) in [4.78, 5) is 0. The molecule has 2 nitrogen and oxygen atoms in total. The Bertz CT molecular complexity index is 393. The fourth-order valence-corrected chi connectivity index (χ4v) is 2.65. The Balaban J connectivity index is 1.96. The van der Waals surface area contributed by atoms with Crippen LogP contribution in [0.1, 0.15) is 24.8 Å². The van der Waals surface area contributed by atoms with Crippen LogP contribution in [0.2, 0.25) is 5.02 Å². The van der Waals surface area contributed by atoms with Crippen molar-refractivity contribution >= 4 is 11.6 Å². The van der Waals surface area contributed by atoms with Crippen LogP contribution in [0.5, 0.6) is 0 Å². The lowest BCUT2D eigenvalue weighted by Crippen LogP contribution is -2.31. The Hall–Kier alpha value is -0.640. The molecule has 2 unspecified atom stereocenters. The molecule has 2 atom stereocenters. The second-order valence-corrected chi connectivity index (χ2v) is 5.20. The van der Waals surface area contributed by atoms with Gasteiger partial charge in [-0.25, -0.2) is 4.39 Å². The lowest BCUT2D eigenvalue weighted by molar-refractivity contribution is 0.0954. The molecule has 1 aromatic carbocycles. The highest BCUT2D eigenvalue weighted by Crippen LogP contribution is 2.22. The molecule has 1 aromatic rings. The van der Waals surface area contributed by atoms with E-state index in [1.165, 1.54) is 12.1 Å². The summed E-state index contributed by atoms with van der Waals surface area (Å²) in [5.74, 6) is -0.288. The zero-order chi connectivity index (χ0) is 13.0. The van der Waals surface area contributed by atoms with E-state index in [2.05, 4.69) is 5.32 Å². The molecule has 0 radical (unpaired) electrons. The molecule has 1 fully saturated rings. The number of hydrogen-bond donors (Lipinski definition) is 1. The summed E-state index contributed by atoms with van der Waals surface area (Å²) in [6.07, 6.45) is 4.41. The minimum absolute atomic E-state index is 0.288. The standard InChI is InChI=1S/C14H19ClFNO/c1-17-12(9-13-3-2-6-18-13)7-10-4-5-11(16)8-14(10)15/h4-5,8,12-13,17H,2-3,6-7,9H2,1H3. The SMILES string of the molecule is CNC(Cc1ccc(F)cc1Cl)CC1CCCO1. The molecule has 4 heteroatoms. The van der Waals surface area contributed by atoms with Crippen molar-refractivity contribution < 1.29 is 9.13 Å². The summed E-state index contributed by atoms with van der Waals surface area (Å²) in [6.45, 7) is 0.873. The number of halogens is 2. The highest BCUT2D eigenvalue weighted by molar-refractivity contribution is 6.31. The molecule has 0 bridgehead atoms. The third-order valence-corrected chi connectivity index (χ3v) is 3.81. The molecule has 1 aliphatic rings. The number of rotatable bonds is 5. The summed E-state index contributed by atoms with van der Waals surface area (Å²) in [6, 6.07) is 4.91. The van der Waals surface area contributed by atoms with E-state index in [0.29, 0.717) is 17.2 Å². The van der Waals surface area contributed by atoms with Crippen LogP contribution in [0.4, 0.5) is 4.39 Å². The van der Waals surface area contributed by atoms with E-state index in [1.807, 2.05) is 7.05 Å². The van der Waals surface area contributed by atoms with Crippen LogP contribution in [0.25, 0.3) is 0 Å². The number of hydrogen-bond acceptors (Lipinski definition) is 2. The predicted octanol–water partition coefficient (Wildman–Crippen LogP) is 3.18. The summed E-state index contributed by atoms with van der Waals surface area (Å²) in [5.41, 5.74) is 0.982.